The van der Waals surface area contributed by atoms with Crippen LogP contribution in [0, 0.1) is 5.92 Å². The quantitative estimate of drug-likeness (QED) is 0.693. The van der Waals surface area contributed by atoms with Gasteiger partial charge in [-0.05, 0) is 44.6 Å². The second-order valence-corrected chi connectivity index (χ2v) is 4.79. The smallest absolute Gasteiger partial charge is 0.0406 e. The van der Waals surface area contributed by atoms with Gasteiger partial charge in [0.15, 0.2) is 0 Å². The fraction of sp³-hybridized carbons (Fsp3) is 1.00. The van der Waals surface area contributed by atoms with Crippen LogP contribution in [0.1, 0.15) is 46.0 Å². The van der Waals surface area contributed by atoms with Crippen LogP contribution in [0.25, 0.3) is 0 Å². The molecule has 1 nitrogen and oxygen atoms in total. The zero-order valence-electron chi connectivity index (χ0n) is 8.91. The van der Waals surface area contributed by atoms with Gasteiger partial charge in [-0.15, -0.1) is 11.6 Å². The topological polar surface area (TPSA) is 12.0 Å². The summed E-state index contributed by atoms with van der Waals surface area (Å²) in [5.74, 6) is 1.68. The molecule has 0 spiro atoms. The average molecular weight is 204 g/mol. The molecule has 1 fully saturated rings. The summed E-state index contributed by atoms with van der Waals surface area (Å²) in [6.45, 7) is 5.67. The van der Waals surface area contributed by atoms with Crippen LogP contribution < -0.4 is 5.32 Å². The highest BCUT2D eigenvalue weighted by Crippen LogP contribution is 2.32. The molecule has 0 aromatic carbocycles. The third-order valence-electron chi connectivity index (χ3n) is 3.24. The highest BCUT2D eigenvalue weighted by Gasteiger charge is 2.32. The molecule has 1 N–H and O–H groups in total. The zero-order valence-corrected chi connectivity index (χ0v) is 9.66. The Morgan fingerprint density at radius 1 is 1.38 bits per heavy atom. The van der Waals surface area contributed by atoms with Gasteiger partial charge in [-0.25, -0.2) is 0 Å². The number of hydrogen-bond acceptors (Lipinski definition) is 1. The van der Waals surface area contributed by atoms with Crippen molar-refractivity contribution in [2.45, 2.75) is 51.5 Å². The predicted octanol–water partition coefficient (Wildman–Crippen LogP) is 3.17. The van der Waals surface area contributed by atoms with E-state index >= 15 is 0 Å². The second-order valence-electron chi connectivity index (χ2n) is 4.52. The molecule has 1 saturated carbocycles. The largest absolute Gasteiger partial charge is 0.310 e. The summed E-state index contributed by atoms with van der Waals surface area (Å²) in [5, 5.41) is 3.62. The van der Waals surface area contributed by atoms with Gasteiger partial charge in [-0.1, -0.05) is 13.8 Å². The van der Waals surface area contributed by atoms with E-state index in [1.54, 1.807) is 0 Å². The molecule has 0 aliphatic heterocycles. The third kappa shape index (κ3) is 3.14. The van der Waals surface area contributed by atoms with Crippen LogP contribution in [0.3, 0.4) is 0 Å². The summed E-state index contributed by atoms with van der Waals surface area (Å²) >= 11 is 6.06. The van der Waals surface area contributed by atoms with Gasteiger partial charge in [0.2, 0.25) is 0 Å². The van der Waals surface area contributed by atoms with E-state index in [9.17, 15) is 0 Å². The Balaban J connectivity index is 2.40. The molecule has 0 bridgehead atoms. The number of alkyl halides is 1. The number of hydrogen-bond donors (Lipinski definition) is 1. The number of halogens is 1. The minimum Gasteiger partial charge on any atom is -0.310 e. The summed E-state index contributed by atoms with van der Waals surface area (Å²) in [4.78, 5) is 0. The summed E-state index contributed by atoms with van der Waals surface area (Å²) in [5.41, 5.74) is 0.268. The Hall–Kier alpha value is 0.250. The summed E-state index contributed by atoms with van der Waals surface area (Å²) in [6, 6.07) is 0. The molecule has 0 radical (unpaired) electrons. The molecular formula is C11H22ClN. The molecule has 1 rings (SSSR count). The first-order chi connectivity index (χ1) is 6.22. The first kappa shape index (κ1) is 11.3. The van der Waals surface area contributed by atoms with E-state index in [1.807, 2.05) is 0 Å². The minimum atomic E-state index is 0.268. The molecule has 1 aliphatic rings. The van der Waals surface area contributed by atoms with Crippen molar-refractivity contribution < 1.29 is 0 Å². The van der Waals surface area contributed by atoms with Crippen LogP contribution in [-0.2, 0) is 0 Å². The van der Waals surface area contributed by atoms with E-state index in [1.165, 1.54) is 32.1 Å². The first-order valence-corrected chi connectivity index (χ1v) is 6.07. The Morgan fingerprint density at radius 3 is 2.46 bits per heavy atom. The number of rotatable bonds is 4. The molecule has 0 heterocycles. The Kier molecular flexibility index (Phi) is 4.54. The second kappa shape index (κ2) is 5.21. The molecule has 2 heteroatoms. The van der Waals surface area contributed by atoms with Gasteiger partial charge in [-0.3, -0.25) is 0 Å². The van der Waals surface area contributed by atoms with Crippen molar-refractivity contribution in [2.75, 3.05) is 12.4 Å². The van der Waals surface area contributed by atoms with E-state index in [4.69, 9.17) is 11.6 Å². The molecule has 13 heavy (non-hydrogen) atoms. The fourth-order valence-corrected chi connectivity index (χ4v) is 2.42. The van der Waals surface area contributed by atoms with E-state index in [0.717, 1.165) is 18.3 Å². The van der Waals surface area contributed by atoms with Gasteiger partial charge < -0.3 is 5.32 Å². The molecule has 78 valence electrons. The van der Waals surface area contributed by atoms with E-state index in [2.05, 4.69) is 19.2 Å². The van der Waals surface area contributed by atoms with Crippen molar-refractivity contribution in [1.29, 1.82) is 0 Å². The summed E-state index contributed by atoms with van der Waals surface area (Å²) in [7, 11) is 0. The van der Waals surface area contributed by atoms with Crippen LogP contribution in [0.4, 0.5) is 0 Å². The first-order valence-electron chi connectivity index (χ1n) is 5.53. The predicted molar refractivity (Wildman–Crippen MR) is 59.4 cm³/mol. The van der Waals surface area contributed by atoms with Crippen molar-refractivity contribution in [3.05, 3.63) is 0 Å². The molecule has 0 amide bonds. The Bertz CT molecular complexity index is 134. The lowest BCUT2D eigenvalue weighted by Crippen LogP contribution is -2.49. The standard InChI is InChI=1S/C11H22ClN/c1-3-8-13-11(9-12)6-4-10(2)5-7-11/h10,13H,3-9H2,1-2H3. The van der Waals surface area contributed by atoms with Gasteiger partial charge in [0.05, 0.1) is 0 Å². The molecule has 1 aliphatic carbocycles. The van der Waals surface area contributed by atoms with Gasteiger partial charge in [0.1, 0.15) is 0 Å². The third-order valence-corrected chi connectivity index (χ3v) is 3.75. The molecule has 0 atom stereocenters. The van der Waals surface area contributed by atoms with Crippen molar-refractivity contribution in [1.82, 2.24) is 5.32 Å². The van der Waals surface area contributed by atoms with Gasteiger partial charge in [-0.2, -0.15) is 0 Å². The minimum absolute atomic E-state index is 0.268. The monoisotopic (exact) mass is 203 g/mol. The van der Waals surface area contributed by atoms with Crippen molar-refractivity contribution in [3.63, 3.8) is 0 Å². The molecule has 0 aromatic rings. The maximum absolute atomic E-state index is 6.06. The highest BCUT2D eigenvalue weighted by molar-refractivity contribution is 6.18. The van der Waals surface area contributed by atoms with Crippen molar-refractivity contribution in [2.24, 2.45) is 5.92 Å². The van der Waals surface area contributed by atoms with E-state index in [-0.39, 0.29) is 5.54 Å². The zero-order chi connectivity index (χ0) is 9.73. The van der Waals surface area contributed by atoms with Crippen LogP contribution in [0.2, 0.25) is 0 Å². The van der Waals surface area contributed by atoms with Crippen molar-refractivity contribution >= 4 is 11.6 Å². The Morgan fingerprint density at radius 2 is 2.00 bits per heavy atom. The van der Waals surface area contributed by atoms with E-state index in [0.29, 0.717) is 0 Å². The van der Waals surface area contributed by atoms with Crippen LogP contribution in [0.5, 0.6) is 0 Å². The average Bonchev–Trinajstić information content (AvgIpc) is 2.18. The SMILES string of the molecule is CCCNC1(CCl)CCC(C)CC1. The van der Waals surface area contributed by atoms with E-state index < -0.39 is 0 Å². The molecule has 0 unspecified atom stereocenters. The molecule has 0 aromatic heterocycles. The maximum atomic E-state index is 6.06. The molecular weight excluding hydrogens is 182 g/mol. The maximum Gasteiger partial charge on any atom is 0.0406 e. The lowest BCUT2D eigenvalue weighted by molar-refractivity contribution is 0.218. The lowest BCUT2D eigenvalue weighted by atomic mass is 9.78. The van der Waals surface area contributed by atoms with Crippen LogP contribution >= 0.6 is 11.6 Å². The van der Waals surface area contributed by atoms with Crippen molar-refractivity contribution in [3.8, 4) is 0 Å². The number of nitrogens with one attached hydrogen (secondary N) is 1. The Labute approximate surface area is 87.2 Å². The van der Waals surface area contributed by atoms with Gasteiger partial charge in [0, 0.05) is 11.4 Å². The summed E-state index contributed by atoms with van der Waals surface area (Å²) in [6.07, 6.45) is 6.40. The summed E-state index contributed by atoms with van der Waals surface area (Å²) < 4.78 is 0. The highest BCUT2D eigenvalue weighted by atomic mass is 35.5. The lowest BCUT2D eigenvalue weighted by Gasteiger charge is -2.39. The van der Waals surface area contributed by atoms with Gasteiger partial charge >= 0.3 is 0 Å². The molecule has 0 saturated heterocycles. The van der Waals surface area contributed by atoms with Gasteiger partial charge in [0.25, 0.3) is 0 Å². The normalized spacial score (nSPS) is 34.8. The van der Waals surface area contributed by atoms with Crippen LogP contribution in [0.15, 0.2) is 0 Å². The van der Waals surface area contributed by atoms with Crippen LogP contribution in [-0.4, -0.2) is 18.0 Å². The fourth-order valence-electron chi connectivity index (χ4n) is 2.06.